The van der Waals surface area contributed by atoms with Crippen molar-refractivity contribution in [1.29, 1.82) is 0 Å². The minimum atomic E-state index is -4.51. The third-order valence-electron chi connectivity index (χ3n) is 5.44. The lowest BCUT2D eigenvalue weighted by Gasteiger charge is -2.33. The molecule has 9 heteroatoms. The molecule has 3 aromatic rings. The predicted molar refractivity (Wildman–Crippen MR) is 122 cm³/mol. The van der Waals surface area contributed by atoms with Crippen LogP contribution in [-0.2, 0) is 11.0 Å². The molecule has 1 aliphatic heterocycles. The van der Waals surface area contributed by atoms with E-state index in [2.05, 4.69) is 4.98 Å². The molecule has 0 atom stereocenters. The maximum Gasteiger partial charge on any atom is 0.417 e. The molecule has 1 saturated heterocycles. The SMILES string of the molecule is COc1ccccc1Sc1ccc(-c2ccnc(N3CCN(C=O)CC3)c2)cc1C(F)(F)F. The van der Waals surface area contributed by atoms with E-state index >= 15 is 0 Å². The first-order chi connectivity index (χ1) is 15.9. The van der Waals surface area contributed by atoms with Crippen molar-refractivity contribution in [2.45, 2.75) is 16.0 Å². The van der Waals surface area contributed by atoms with Crippen molar-refractivity contribution in [3.8, 4) is 16.9 Å². The number of hydrogen-bond donors (Lipinski definition) is 0. The van der Waals surface area contributed by atoms with Crippen molar-refractivity contribution in [2.75, 3.05) is 38.2 Å². The third-order valence-corrected chi connectivity index (χ3v) is 6.57. The van der Waals surface area contributed by atoms with Gasteiger partial charge in [0.2, 0.25) is 6.41 Å². The fourth-order valence-electron chi connectivity index (χ4n) is 3.67. The van der Waals surface area contributed by atoms with E-state index in [0.717, 1.165) is 18.2 Å². The van der Waals surface area contributed by atoms with Gasteiger partial charge in [-0.05, 0) is 47.5 Å². The zero-order valence-corrected chi connectivity index (χ0v) is 18.7. The van der Waals surface area contributed by atoms with Gasteiger partial charge in [0.05, 0.1) is 17.6 Å². The van der Waals surface area contributed by atoms with Crippen LogP contribution in [0.1, 0.15) is 5.56 Å². The van der Waals surface area contributed by atoms with Crippen LogP contribution in [0.2, 0.25) is 0 Å². The van der Waals surface area contributed by atoms with Crippen LogP contribution in [0.25, 0.3) is 11.1 Å². The summed E-state index contributed by atoms with van der Waals surface area (Å²) in [4.78, 5) is 19.7. The average Bonchev–Trinajstić information content (AvgIpc) is 2.84. The van der Waals surface area contributed by atoms with Gasteiger partial charge in [-0.3, -0.25) is 4.79 Å². The second-order valence-electron chi connectivity index (χ2n) is 7.49. The number of nitrogens with zero attached hydrogens (tertiary/aromatic N) is 3. The summed E-state index contributed by atoms with van der Waals surface area (Å²) in [5.41, 5.74) is 0.410. The van der Waals surface area contributed by atoms with Gasteiger partial charge in [0.25, 0.3) is 0 Å². The molecule has 172 valence electrons. The highest BCUT2D eigenvalue weighted by Crippen LogP contribution is 2.43. The molecule has 0 radical (unpaired) electrons. The lowest BCUT2D eigenvalue weighted by atomic mass is 10.0. The number of carbonyl (C=O) groups excluding carboxylic acids is 1. The summed E-state index contributed by atoms with van der Waals surface area (Å²) in [6, 6.07) is 14.9. The Morgan fingerprint density at radius 3 is 2.39 bits per heavy atom. The number of ether oxygens (including phenoxy) is 1. The Morgan fingerprint density at radius 1 is 0.970 bits per heavy atom. The number of piperazine rings is 1. The number of alkyl halides is 3. The molecule has 5 nitrogen and oxygen atoms in total. The first kappa shape index (κ1) is 23.0. The first-order valence-electron chi connectivity index (χ1n) is 10.3. The fourth-order valence-corrected chi connectivity index (χ4v) is 4.73. The second-order valence-corrected chi connectivity index (χ2v) is 8.58. The summed E-state index contributed by atoms with van der Waals surface area (Å²) < 4.78 is 47.2. The van der Waals surface area contributed by atoms with E-state index in [4.69, 9.17) is 4.74 Å². The number of carbonyl (C=O) groups is 1. The van der Waals surface area contributed by atoms with Crippen molar-refractivity contribution >= 4 is 24.0 Å². The number of pyridine rings is 1. The zero-order valence-electron chi connectivity index (χ0n) is 17.9. The number of benzene rings is 2. The fraction of sp³-hybridized carbons (Fsp3) is 0.250. The number of amides is 1. The van der Waals surface area contributed by atoms with Crippen molar-refractivity contribution in [2.24, 2.45) is 0 Å². The number of aromatic nitrogens is 1. The van der Waals surface area contributed by atoms with Crippen molar-refractivity contribution in [3.05, 3.63) is 66.4 Å². The minimum Gasteiger partial charge on any atom is -0.496 e. The highest BCUT2D eigenvalue weighted by atomic mass is 32.2. The summed E-state index contributed by atoms with van der Waals surface area (Å²) in [5.74, 6) is 1.20. The van der Waals surface area contributed by atoms with Gasteiger partial charge in [0.15, 0.2) is 0 Å². The van der Waals surface area contributed by atoms with Crippen LogP contribution in [0, 0.1) is 0 Å². The van der Waals surface area contributed by atoms with Gasteiger partial charge in [-0.1, -0.05) is 30.0 Å². The highest BCUT2D eigenvalue weighted by molar-refractivity contribution is 7.99. The smallest absolute Gasteiger partial charge is 0.417 e. The molecule has 0 bridgehead atoms. The Kier molecular flexibility index (Phi) is 6.78. The van der Waals surface area contributed by atoms with Crippen molar-refractivity contribution < 1.29 is 22.7 Å². The lowest BCUT2D eigenvalue weighted by Crippen LogP contribution is -2.46. The quantitative estimate of drug-likeness (QED) is 0.460. The molecule has 0 N–H and O–H groups in total. The Hall–Kier alpha value is -3.20. The molecule has 0 saturated carbocycles. The van der Waals surface area contributed by atoms with E-state index in [0.29, 0.717) is 53.8 Å². The van der Waals surface area contributed by atoms with Crippen LogP contribution < -0.4 is 9.64 Å². The van der Waals surface area contributed by atoms with Crippen molar-refractivity contribution in [1.82, 2.24) is 9.88 Å². The normalized spacial score (nSPS) is 14.3. The number of hydrogen-bond acceptors (Lipinski definition) is 5. The molecule has 2 heterocycles. The lowest BCUT2D eigenvalue weighted by molar-refractivity contribution is -0.139. The van der Waals surface area contributed by atoms with Gasteiger partial charge >= 0.3 is 6.18 Å². The Morgan fingerprint density at radius 2 is 1.70 bits per heavy atom. The van der Waals surface area contributed by atoms with Gasteiger partial charge in [0, 0.05) is 37.3 Å². The van der Waals surface area contributed by atoms with Crippen LogP contribution in [0.5, 0.6) is 5.75 Å². The van der Waals surface area contributed by atoms with Gasteiger partial charge in [-0.2, -0.15) is 13.2 Å². The largest absolute Gasteiger partial charge is 0.496 e. The maximum absolute atomic E-state index is 14.0. The third kappa shape index (κ3) is 5.24. The van der Waals surface area contributed by atoms with E-state index in [1.54, 1.807) is 53.6 Å². The van der Waals surface area contributed by atoms with Gasteiger partial charge in [-0.15, -0.1) is 0 Å². The molecule has 4 rings (SSSR count). The van der Waals surface area contributed by atoms with E-state index in [9.17, 15) is 18.0 Å². The Bertz CT molecular complexity index is 1130. The molecule has 1 fully saturated rings. The molecule has 2 aromatic carbocycles. The highest BCUT2D eigenvalue weighted by Gasteiger charge is 2.34. The summed E-state index contributed by atoms with van der Waals surface area (Å²) in [5, 5.41) is 0. The second kappa shape index (κ2) is 9.74. The van der Waals surface area contributed by atoms with Crippen LogP contribution in [-0.4, -0.2) is 49.6 Å². The monoisotopic (exact) mass is 473 g/mol. The van der Waals surface area contributed by atoms with Gasteiger partial charge < -0.3 is 14.5 Å². The Balaban J connectivity index is 1.65. The number of methoxy groups -OCH3 is 1. The maximum atomic E-state index is 14.0. The summed E-state index contributed by atoms with van der Waals surface area (Å²) in [6.07, 6.45) is -2.09. The molecule has 0 spiro atoms. The van der Waals surface area contributed by atoms with Gasteiger partial charge in [-0.25, -0.2) is 4.98 Å². The summed E-state index contributed by atoms with van der Waals surface area (Å²) in [6.45, 7) is 2.42. The molecular formula is C24H22F3N3O2S. The van der Waals surface area contributed by atoms with E-state index in [1.807, 2.05) is 4.90 Å². The summed E-state index contributed by atoms with van der Waals surface area (Å²) >= 11 is 1.03. The van der Waals surface area contributed by atoms with Crippen LogP contribution >= 0.6 is 11.8 Å². The van der Waals surface area contributed by atoms with Crippen molar-refractivity contribution in [3.63, 3.8) is 0 Å². The minimum absolute atomic E-state index is 0.106. The van der Waals surface area contributed by atoms with Gasteiger partial charge in [0.1, 0.15) is 11.6 Å². The molecule has 0 aliphatic carbocycles. The zero-order chi connectivity index (χ0) is 23.4. The molecule has 1 aromatic heterocycles. The van der Waals surface area contributed by atoms with E-state index < -0.39 is 11.7 Å². The average molecular weight is 474 g/mol. The van der Waals surface area contributed by atoms with Crippen LogP contribution in [0.4, 0.5) is 19.0 Å². The van der Waals surface area contributed by atoms with Crippen LogP contribution in [0.15, 0.2) is 70.6 Å². The molecule has 1 aliphatic rings. The standard InChI is InChI=1S/C24H22F3N3O2S/c1-32-20-4-2-3-5-22(20)33-21-7-6-17(14-19(21)24(25,26)27)18-8-9-28-23(15-18)30-12-10-29(16-31)11-13-30/h2-9,14-16H,10-13H2,1H3. The topological polar surface area (TPSA) is 45.7 Å². The number of para-hydroxylation sites is 1. The first-order valence-corrected chi connectivity index (χ1v) is 11.1. The van der Waals surface area contributed by atoms with E-state index in [-0.39, 0.29) is 4.90 Å². The number of anilines is 1. The molecular weight excluding hydrogens is 451 g/mol. The van der Waals surface area contributed by atoms with E-state index in [1.165, 1.54) is 19.2 Å². The number of rotatable bonds is 6. The Labute approximate surface area is 194 Å². The number of halogens is 3. The molecule has 1 amide bonds. The summed E-state index contributed by atoms with van der Waals surface area (Å²) in [7, 11) is 1.49. The molecule has 0 unspecified atom stereocenters. The van der Waals surface area contributed by atoms with Crippen LogP contribution in [0.3, 0.4) is 0 Å². The predicted octanol–water partition coefficient (Wildman–Crippen LogP) is 5.21. The molecule has 33 heavy (non-hydrogen) atoms.